The van der Waals surface area contributed by atoms with Gasteiger partial charge in [0.05, 0.1) is 6.61 Å². The molecule has 1 aromatic heterocycles. The number of H-pyrrole nitrogens is 1. The fraction of sp³-hybridized carbons (Fsp3) is 0.0500. The molecule has 0 atom stereocenters. The number of carbonyl (C=O) groups excluding carboxylic acids is 1. The minimum Gasteiger partial charge on any atom is -0.350 e. The van der Waals surface area contributed by atoms with E-state index in [2.05, 4.69) is 22.6 Å². The average Bonchev–Trinajstić information content (AvgIpc) is 3.07. The predicted octanol–water partition coefficient (Wildman–Crippen LogP) is 4.18. The Bertz CT molecular complexity index is 1010. The van der Waals surface area contributed by atoms with Gasteiger partial charge in [0.15, 0.2) is 0 Å². The van der Waals surface area contributed by atoms with E-state index in [1.807, 2.05) is 60.7 Å². The lowest BCUT2D eigenvalue weighted by Crippen LogP contribution is -2.23. The Kier molecular flexibility index (Phi) is 3.73. The van der Waals surface area contributed by atoms with Crippen molar-refractivity contribution in [2.45, 2.75) is 6.61 Å². The molecule has 24 heavy (non-hydrogen) atoms. The van der Waals surface area contributed by atoms with Gasteiger partial charge in [0.1, 0.15) is 5.69 Å². The average molecular weight is 316 g/mol. The molecule has 0 aliphatic heterocycles. The van der Waals surface area contributed by atoms with Crippen molar-refractivity contribution in [3.05, 3.63) is 84.1 Å². The van der Waals surface area contributed by atoms with Crippen LogP contribution in [-0.4, -0.2) is 10.9 Å². The van der Waals surface area contributed by atoms with Gasteiger partial charge < -0.3 is 4.98 Å². The highest BCUT2D eigenvalue weighted by atomic mass is 16.6. The molecule has 0 bridgehead atoms. The van der Waals surface area contributed by atoms with Crippen molar-refractivity contribution in [3.8, 4) is 0 Å². The number of hydrogen-bond donors (Lipinski definition) is 2. The first-order valence-electron chi connectivity index (χ1n) is 7.78. The van der Waals surface area contributed by atoms with Crippen LogP contribution in [0.15, 0.2) is 72.8 Å². The summed E-state index contributed by atoms with van der Waals surface area (Å²) in [7, 11) is 0. The van der Waals surface area contributed by atoms with Crippen LogP contribution in [0.1, 0.15) is 16.1 Å². The SMILES string of the molecule is O=C(NOCc1ccccc1)c1cc2c(ccc3ccccc32)[nH]1. The highest BCUT2D eigenvalue weighted by molar-refractivity contribution is 6.09. The molecule has 0 saturated carbocycles. The first-order valence-corrected chi connectivity index (χ1v) is 7.78. The Morgan fingerprint density at radius 2 is 1.71 bits per heavy atom. The number of nitrogens with one attached hydrogen (secondary N) is 2. The largest absolute Gasteiger partial charge is 0.350 e. The van der Waals surface area contributed by atoms with E-state index in [9.17, 15) is 4.79 Å². The van der Waals surface area contributed by atoms with E-state index in [4.69, 9.17) is 4.84 Å². The standard InChI is InChI=1S/C20H16N2O2/c23-20(22-24-13-14-6-2-1-3-7-14)19-12-17-16-9-5-4-8-15(16)10-11-18(17)21-19/h1-12,21H,13H2,(H,22,23). The number of carbonyl (C=O) groups is 1. The summed E-state index contributed by atoms with van der Waals surface area (Å²) >= 11 is 0. The van der Waals surface area contributed by atoms with Crippen LogP contribution >= 0.6 is 0 Å². The smallest absolute Gasteiger partial charge is 0.291 e. The van der Waals surface area contributed by atoms with Gasteiger partial charge in [0.2, 0.25) is 0 Å². The summed E-state index contributed by atoms with van der Waals surface area (Å²) in [5.74, 6) is -0.286. The Morgan fingerprint density at radius 1 is 0.917 bits per heavy atom. The second-order valence-electron chi connectivity index (χ2n) is 5.64. The monoisotopic (exact) mass is 316 g/mol. The minimum atomic E-state index is -0.286. The van der Waals surface area contributed by atoms with E-state index in [-0.39, 0.29) is 5.91 Å². The van der Waals surface area contributed by atoms with Gasteiger partial charge >= 0.3 is 0 Å². The Balaban J connectivity index is 1.53. The number of hydroxylamine groups is 1. The van der Waals surface area contributed by atoms with E-state index < -0.39 is 0 Å². The zero-order chi connectivity index (χ0) is 16.4. The van der Waals surface area contributed by atoms with Crippen molar-refractivity contribution < 1.29 is 9.63 Å². The number of amides is 1. The van der Waals surface area contributed by atoms with Crippen LogP contribution in [0.2, 0.25) is 0 Å². The van der Waals surface area contributed by atoms with Crippen molar-refractivity contribution in [2.24, 2.45) is 0 Å². The van der Waals surface area contributed by atoms with E-state index in [0.29, 0.717) is 12.3 Å². The predicted molar refractivity (Wildman–Crippen MR) is 94.5 cm³/mol. The van der Waals surface area contributed by atoms with Crippen molar-refractivity contribution >= 4 is 27.6 Å². The van der Waals surface area contributed by atoms with Crippen LogP contribution in [0.25, 0.3) is 21.7 Å². The quantitative estimate of drug-likeness (QED) is 0.555. The number of aromatic amines is 1. The fourth-order valence-electron chi connectivity index (χ4n) is 2.82. The number of benzene rings is 3. The molecule has 0 aliphatic carbocycles. The summed E-state index contributed by atoms with van der Waals surface area (Å²) in [6, 6.07) is 23.7. The van der Waals surface area contributed by atoms with Crippen LogP contribution in [0.3, 0.4) is 0 Å². The lowest BCUT2D eigenvalue weighted by Gasteiger charge is -2.04. The third-order valence-electron chi connectivity index (χ3n) is 4.02. The van der Waals surface area contributed by atoms with Gasteiger partial charge in [-0.2, -0.15) is 0 Å². The van der Waals surface area contributed by atoms with Crippen LogP contribution in [0.4, 0.5) is 0 Å². The van der Waals surface area contributed by atoms with Crippen LogP contribution < -0.4 is 5.48 Å². The molecular formula is C20H16N2O2. The van der Waals surface area contributed by atoms with E-state index in [0.717, 1.165) is 27.2 Å². The molecule has 4 aromatic rings. The molecule has 0 saturated heterocycles. The zero-order valence-corrected chi connectivity index (χ0v) is 13.0. The Morgan fingerprint density at radius 3 is 2.58 bits per heavy atom. The molecule has 1 heterocycles. The maximum absolute atomic E-state index is 12.3. The molecule has 0 aliphatic rings. The maximum atomic E-state index is 12.3. The van der Waals surface area contributed by atoms with E-state index in [1.54, 1.807) is 0 Å². The van der Waals surface area contributed by atoms with Gasteiger partial charge in [-0.1, -0.05) is 60.7 Å². The van der Waals surface area contributed by atoms with Crippen LogP contribution in [0, 0.1) is 0 Å². The van der Waals surface area contributed by atoms with E-state index in [1.165, 1.54) is 0 Å². The highest BCUT2D eigenvalue weighted by Gasteiger charge is 2.11. The third kappa shape index (κ3) is 2.75. The lowest BCUT2D eigenvalue weighted by atomic mass is 10.1. The summed E-state index contributed by atoms with van der Waals surface area (Å²) < 4.78 is 0. The van der Waals surface area contributed by atoms with Crippen molar-refractivity contribution in [3.63, 3.8) is 0 Å². The van der Waals surface area contributed by atoms with Gasteiger partial charge in [-0.25, -0.2) is 5.48 Å². The van der Waals surface area contributed by atoms with E-state index >= 15 is 0 Å². The van der Waals surface area contributed by atoms with Gasteiger partial charge in [-0.3, -0.25) is 9.63 Å². The van der Waals surface area contributed by atoms with Crippen molar-refractivity contribution in [1.29, 1.82) is 0 Å². The molecule has 4 heteroatoms. The Hall–Kier alpha value is -3.11. The summed E-state index contributed by atoms with van der Waals surface area (Å²) in [5, 5.41) is 3.30. The lowest BCUT2D eigenvalue weighted by molar-refractivity contribution is 0.0230. The second-order valence-corrected chi connectivity index (χ2v) is 5.64. The fourth-order valence-corrected chi connectivity index (χ4v) is 2.82. The normalized spacial score (nSPS) is 11.0. The van der Waals surface area contributed by atoms with Gasteiger partial charge in [-0.15, -0.1) is 0 Å². The highest BCUT2D eigenvalue weighted by Crippen LogP contribution is 2.25. The molecule has 1 amide bonds. The summed E-state index contributed by atoms with van der Waals surface area (Å²) in [6.07, 6.45) is 0. The number of rotatable bonds is 4. The van der Waals surface area contributed by atoms with Gasteiger partial charge in [-0.05, 0) is 28.5 Å². The summed E-state index contributed by atoms with van der Waals surface area (Å²) in [5.41, 5.74) is 4.90. The van der Waals surface area contributed by atoms with Gasteiger partial charge in [0.25, 0.3) is 5.91 Å². The molecule has 4 nitrogen and oxygen atoms in total. The molecule has 2 N–H and O–H groups in total. The van der Waals surface area contributed by atoms with Crippen molar-refractivity contribution in [1.82, 2.24) is 10.5 Å². The second kappa shape index (κ2) is 6.18. The third-order valence-corrected chi connectivity index (χ3v) is 4.02. The Labute approximate surface area is 139 Å². The first-order chi connectivity index (χ1) is 11.8. The molecule has 0 radical (unpaired) electrons. The van der Waals surface area contributed by atoms with Gasteiger partial charge in [0, 0.05) is 10.9 Å². The molecular weight excluding hydrogens is 300 g/mol. The van der Waals surface area contributed by atoms with Crippen LogP contribution in [0.5, 0.6) is 0 Å². The molecule has 4 rings (SSSR count). The molecule has 3 aromatic carbocycles. The zero-order valence-electron chi connectivity index (χ0n) is 13.0. The number of hydrogen-bond acceptors (Lipinski definition) is 2. The molecule has 0 spiro atoms. The molecule has 118 valence electrons. The molecule has 0 unspecified atom stereocenters. The number of aromatic nitrogens is 1. The van der Waals surface area contributed by atoms with Crippen molar-refractivity contribution in [2.75, 3.05) is 0 Å². The number of fused-ring (bicyclic) bond motifs is 3. The summed E-state index contributed by atoms with van der Waals surface area (Å²) in [4.78, 5) is 20.7. The minimum absolute atomic E-state index is 0.286. The first kappa shape index (κ1) is 14.5. The van der Waals surface area contributed by atoms with Crippen LogP contribution in [-0.2, 0) is 11.4 Å². The summed E-state index contributed by atoms with van der Waals surface area (Å²) in [6.45, 7) is 0.329. The topological polar surface area (TPSA) is 54.1 Å². The maximum Gasteiger partial charge on any atom is 0.291 e. The molecule has 0 fully saturated rings.